The lowest BCUT2D eigenvalue weighted by Crippen LogP contribution is -2.42. The summed E-state index contributed by atoms with van der Waals surface area (Å²) in [6.45, 7) is 0.0623. The number of sulfonamides is 1. The fourth-order valence-corrected chi connectivity index (χ4v) is 5.34. The molecule has 1 aliphatic rings. The summed E-state index contributed by atoms with van der Waals surface area (Å²) < 4.78 is 56.0. The average Bonchev–Trinajstić information content (AvgIpc) is 2.66. The first-order chi connectivity index (χ1) is 13.4. The van der Waals surface area contributed by atoms with E-state index in [0.717, 1.165) is 22.2 Å². The maximum absolute atomic E-state index is 13.9. The fourth-order valence-electron chi connectivity index (χ4n) is 3.22. The second kappa shape index (κ2) is 7.27. The van der Waals surface area contributed by atoms with Gasteiger partial charge in [-0.25, -0.2) is 17.2 Å². The van der Waals surface area contributed by atoms with Gasteiger partial charge in [-0.3, -0.25) is 0 Å². The second-order valence-corrected chi connectivity index (χ2v) is 9.17. The van der Waals surface area contributed by atoms with Crippen LogP contribution in [0.5, 0.6) is 0 Å². The molecule has 1 N–H and O–H groups in total. The largest absolute Gasteiger partial charge is 0.364 e. The maximum atomic E-state index is 13.9. The van der Waals surface area contributed by atoms with Crippen LogP contribution in [-0.2, 0) is 16.6 Å². The fraction of sp³-hybridized carbons (Fsp3) is 0.100. The number of para-hydroxylation sites is 1. The van der Waals surface area contributed by atoms with Gasteiger partial charge in [0.2, 0.25) is 10.0 Å². The van der Waals surface area contributed by atoms with Crippen LogP contribution < -0.4 is 5.32 Å². The average molecular weight is 465 g/mol. The second-order valence-electron chi connectivity index (χ2n) is 6.40. The van der Waals surface area contributed by atoms with Gasteiger partial charge < -0.3 is 5.32 Å². The van der Waals surface area contributed by atoms with Gasteiger partial charge in [0.25, 0.3) is 0 Å². The molecule has 1 atom stereocenters. The zero-order chi connectivity index (χ0) is 19.9. The molecule has 0 radical (unpaired) electrons. The highest BCUT2D eigenvalue weighted by molar-refractivity contribution is 9.10. The van der Waals surface area contributed by atoms with E-state index in [2.05, 4.69) is 21.2 Å². The summed E-state index contributed by atoms with van der Waals surface area (Å²) in [6, 6.07) is 17.2. The molecule has 1 heterocycles. The summed E-state index contributed by atoms with van der Waals surface area (Å²) in [5.74, 6) is -2.01. The van der Waals surface area contributed by atoms with E-state index in [9.17, 15) is 17.2 Å². The summed E-state index contributed by atoms with van der Waals surface area (Å²) in [5, 5.41) is 3.15. The van der Waals surface area contributed by atoms with Crippen LogP contribution in [-0.4, -0.2) is 12.7 Å². The molecule has 0 amide bonds. The maximum Gasteiger partial charge on any atom is 0.247 e. The minimum Gasteiger partial charge on any atom is -0.364 e. The van der Waals surface area contributed by atoms with Crippen molar-refractivity contribution in [3.8, 4) is 0 Å². The molecular weight excluding hydrogens is 450 g/mol. The zero-order valence-corrected chi connectivity index (χ0v) is 16.8. The van der Waals surface area contributed by atoms with Crippen LogP contribution in [0.25, 0.3) is 0 Å². The van der Waals surface area contributed by atoms with Gasteiger partial charge in [0, 0.05) is 11.0 Å². The normalized spacial score (nSPS) is 18.3. The third-order valence-electron chi connectivity index (χ3n) is 4.54. The molecular formula is C20H15BrF2N2O2S. The predicted molar refractivity (Wildman–Crippen MR) is 106 cm³/mol. The standard InChI is InChI=1S/C20H15BrF2N2O2S/c21-15-5-3-4-13(10-15)12-25-20(14-8-9-16(22)17(23)11-14)24-18-6-1-2-7-19(18)28(25,26)27/h1-11,20,24H,12H2/t20-/m0/s1. The smallest absolute Gasteiger partial charge is 0.247 e. The summed E-state index contributed by atoms with van der Waals surface area (Å²) in [4.78, 5) is 0.142. The quantitative estimate of drug-likeness (QED) is 0.590. The molecule has 0 fully saturated rings. The van der Waals surface area contributed by atoms with E-state index in [-0.39, 0.29) is 11.4 Å². The van der Waals surface area contributed by atoms with Crippen LogP contribution in [0.3, 0.4) is 0 Å². The van der Waals surface area contributed by atoms with Crippen molar-refractivity contribution in [2.24, 2.45) is 0 Å². The number of nitrogens with one attached hydrogen (secondary N) is 1. The molecule has 0 aliphatic carbocycles. The predicted octanol–water partition coefficient (Wildman–Crippen LogP) is 5.04. The molecule has 4 rings (SSSR count). The summed E-state index contributed by atoms with van der Waals surface area (Å²) in [7, 11) is -3.87. The van der Waals surface area contributed by atoms with Crippen molar-refractivity contribution in [1.29, 1.82) is 0 Å². The van der Waals surface area contributed by atoms with Crippen molar-refractivity contribution in [3.63, 3.8) is 0 Å². The number of fused-ring (bicyclic) bond motifs is 1. The van der Waals surface area contributed by atoms with Crippen molar-refractivity contribution in [1.82, 2.24) is 4.31 Å². The number of rotatable bonds is 3. The molecule has 0 spiro atoms. The van der Waals surface area contributed by atoms with Crippen LogP contribution in [0.15, 0.2) is 76.1 Å². The van der Waals surface area contributed by atoms with Crippen molar-refractivity contribution < 1.29 is 17.2 Å². The summed E-state index contributed by atoms with van der Waals surface area (Å²) in [6.07, 6.45) is -0.881. The van der Waals surface area contributed by atoms with Gasteiger partial charge in [-0.1, -0.05) is 46.3 Å². The first kappa shape index (κ1) is 19.0. The molecule has 3 aromatic carbocycles. The number of nitrogens with zero attached hydrogens (tertiary/aromatic N) is 1. The highest BCUT2D eigenvalue weighted by atomic mass is 79.9. The molecule has 1 aliphatic heterocycles. The number of anilines is 1. The lowest BCUT2D eigenvalue weighted by molar-refractivity contribution is 0.334. The third-order valence-corrected chi connectivity index (χ3v) is 6.90. The molecule has 0 bridgehead atoms. The molecule has 0 unspecified atom stereocenters. The van der Waals surface area contributed by atoms with Crippen LogP contribution in [0, 0.1) is 11.6 Å². The van der Waals surface area contributed by atoms with Gasteiger partial charge in [-0.15, -0.1) is 0 Å². The van der Waals surface area contributed by atoms with E-state index in [4.69, 9.17) is 0 Å². The highest BCUT2D eigenvalue weighted by Gasteiger charge is 2.39. The first-order valence-electron chi connectivity index (χ1n) is 8.43. The number of hydrogen-bond donors (Lipinski definition) is 1. The number of halogens is 3. The summed E-state index contributed by atoms with van der Waals surface area (Å²) >= 11 is 3.38. The Balaban J connectivity index is 1.85. The van der Waals surface area contributed by atoms with Crippen molar-refractivity contribution in [2.75, 3.05) is 5.32 Å². The van der Waals surface area contributed by atoms with Crippen molar-refractivity contribution in [2.45, 2.75) is 17.6 Å². The van der Waals surface area contributed by atoms with Crippen LogP contribution >= 0.6 is 15.9 Å². The highest BCUT2D eigenvalue weighted by Crippen LogP contribution is 2.39. The van der Waals surface area contributed by atoms with E-state index in [0.29, 0.717) is 11.3 Å². The molecule has 0 saturated heterocycles. The molecule has 8 heteroatoms. The Labute approximate surface area is 170 Å². The molecule has 28 heavy (non-hydrogen) atoms. The van der Waals surface area contributed by atoms with Crippen molar-refractivity contribution in [3.05, 3.63) is 94.0 Å². The third kappa shape index (κ3) is 3.43. The Kier molecular flexibility index (Phi) is 4.95. The lowest BCUT2D eigenvalue weighted by Gasteiger charge is -2.37. The van der Waals surface area contributed by atoms with E-state index in [1.54, 1.807) is 18.2 Å². The van der Waals surface area contributed by atoms with Gasteiger partial charge in [0.1, 0.15) is 11.1 Å². The van der Waals surface area contributed by atoms with Crippen LogP contribution in [0.2, 0.25) is 0 Å². The minimum absolute atomic E-state index is 0.0623. The Morgan fingerprint density at radius 3 is 2.50 bits per heavy atom. The van der Waals surface area contributed by atoms with Crippen LogP contribution in [0.4, 0.5) is 14.5 Å². The molecule has 0 saturated carbocycles. The Hall–Kier alpha value is -2.29. The number of hydrogen-bond acceptors (Lipinski definition) is 3. The van der Waals surface area contributed by atoms with Gasteiger partial charge in [-0.2, -0.15) is 4.31 Å². The Morgan fingerprint density at radius 2 is 1.75 bits per heavy atom. The van der Waals surface area contributed by atoms with E-state index in [1.165, 1.54) is 16.4 Å². The zero-order valence-electron chi connectivity index (χ0n) is 14.4. The van der Waals surface area contributed by atoms with Crippen LogP contribution in [0.1, 0.15) is 17.3 Å². The Morgan fingerprint density at radius 1 is 0.964 bits per heavy atom. The lowest BCUT2D eigenvalue weighted by atomic mass is 10.1. The van der Waals surface area contributed by atoms with E-state index in [1.807, 2.05) is 24.3 Å². The van der Waals surface area contributed by atoms with Gasteiger partial charge in [0.15, 0.2) is 11.6 Å². The monoisotopic (exact) mass is 464 g/mol. The Bertz CT molecular complexity index is 1150. The SMILES string of the molecule is O=S1(=O)c2ccccc2N[C@H](c2ccc(F)c(F)c2)N1Cc1cccc(Br)c1. The summed E-state index contributed by atoms with van der Waals surface area (Å²) in [5.41, 5.74) is 1.49. The molecule has 144 valence electrons. The van der Waals surface area contributed by atoms with E-state index >= 15 is 0 Å². The molecule has 4 nitrogen and oxygen atoms in total. The van der Waals surface area contributed by atoms with Gasteiger partial charge >= 0.3 is 0 Å². The number of benzene rings is 3. The minimum atomic E-state index is -3.87. The first-order valence-corrected chi connectivity index (χ1v) is 10.7. The molecule has 3 aromatic rings. The van der Waals surface area contributed by atoms with E-state index < -0.39 is 27.8 Å². The van der Waals surface area contributed by atoms with Crippen molar-refractivity contribution >= 4 is 31.6 Å². The topological polar surface area (TPSA) is 49.4 Å². The van der Waals surface area contributed by atoms with Gasteiger partial charge in [-0.05, 0) is 47.5 Å². The van der Waals surface area contributed by atoms with Gasteiger partial charge in [0.05, 0.1) is 5.69 Å². The molecule has 0 aromatic heterocycles.